The van der Waals surface area contributed by atoms with Crippen LogP contribution in [0.1, 0.15) is 54.6 Å². The molecule has 9 heteroatoms. The molecule has 6 nitrogen and oxygen atoms in total. The fraction of sp³-hybridized carbons (Fsp3) is 0.409. The smallest absolute Gasteiger partial charge is 0.323 e. The second-order valence-corrected chi connectivity index (χ2v) is 8.18. The molecule has 162 valence electrons. The fourth-order valence-electron chi connectivity index (χ4n) is 4.04. The van der Waals surface area contributed by atoms with Crippen LogP contribution < -0.4 is 10.6 Å². The minimum atomic E-state index is -4.46. The average Bonchev–Trinajstić information content (AvgIpc) is 3.53. The van der Waals surface area contributed by atoms with Gasteiger partial charge in [0.2, 0.25) is 5.95 Å². The van der Waals surface area contributed by atoms with Gasteiger partial charge in [-0.2, -0.15) is 18.2 Å². The Morgan fingerprint density at radius 1 is 0.935 bits per heavy atom. The van der Waals surface area contributed by atoms with Gasteiger partial charge >= 0.3 is 6.18 Å². The van der Waals surface area contributed by atoms with E-state index in [0.717, 1.165) is 56.4 Å². The molecule has 3 heterocycles. The number of piperidine rings is 1. The van der Waals surface area contributed by atoms with Crippen LogP contribution in [0.25, 0.3) is 11.3 Å². The van der Waals surface area contributed by atoms with Crippen molar-refractivity contribution in [1.82, 2.24) is 25.5 Å². The Hall–Kier alpha value is -2.94. The molecule has 0 bridgehead atoms. The quantitative estimate of drug-likeness (QED) is 0.535. The van der Waals surface area contributed by atoms with Crippen LogP contribution in [0.15, 0.2) is 36.4 Å². The van der Waals surface area contributed by atoms with Gasteiger partial charge in [-0.1, -0.05) is 18.2 Å². The highest BCUT2D eigenvalue weighted by Crippen LogP contribution is 2.39. The third kappa shape index (κ3) is 4.41. The maximum absolute atomic E-state index is 13.6. The molecule has 3 aromatic rings. The van der Waals surface area contributed by atoms with E-state index in [2.05, 4.69) is 30.8 Å². The molecule has 1 saturated heterocycles. The fourth-order valence-corrected chi connectivity index (χ4v) is 4.04. The molecule has 1 saturated carbocycles. The maximum Gasteiger partial charge on any atom is 0.417 e. The number of nitrogens with zero attached hydrogens (tertiary/aromatic N) is 3. The van der Waals surface area contributed by atoms with Gasteiger partial charge in [0, 0.05) is 28.8 Å². The lowest BCUT2D eigenvalue weighted by Gasteiger charge is -2.23. The molecule has 0 spiro atoms. The standard InChI is InChI=1S/C22H23F3N6/c23-22(24,25)17-4-2-1-3-16(17)19-12-15(11-18(28-19)13-7-9-26-10-8-13)27-21-29-20(30-31-21)14-5-6-14/h1-4,11-14,26H,5-10H2,(H2,27,28,29,30,31). The number of anilines is 2. The lowest BCUT2D eigenvalue weighted by atomic mass is 9.93. The lowest BCUT2D eigenvalue weighted by molar-refractivity contribution is -0.137. The number of hydrogen-bond acceptors (Lipinski definition) is 5. The second-order valence-electron chi connectivity index (χ2n) is 8.18. The summed E-state index contributed by atoms with van der Waals surface area (Å²) in [4.78, 5) is 9.15. The lowest BCUT2D eigenvalue weighted by Crippen LogP contribution is -2.27. The van der Waals surface area contributed by atoms with E-state index in [1.165, 1.54) is 12.1 Å². The van der Waals surface area contributed by atoms with E-state index in [4.69, 9.17) is 0 Å². The normalized spacial score (nSPS) is 17.6. The van der Waals surface area contributed by atoms with Crippen LogP contribution >= 0.6 is 0 Å². The molecule has 0 radical (unpaired) electrons. The van der Waals surface area contributed by atoms with Crippen molar-refractivity contribution < 1.29 is 13.2 Å². The van der Waals surface area contributed by atoms with Gasteiger partial charge in [0.05, 0.1) is 11.3 Å². The Bertz CT molecular complexity index is 1070. The molecule has 31 heavy (non-hydrogen) atoms. The third-order valence-corrected chi connectivity index (χ3v) is 5.83. The Balaban J connectivity index is 1.54. The number of aromatic nitrogens is 4. The summed E-state index contributed by atoms with van der Waals surface area (Å²) >= 11 is 0. The highest BCUT2D eigenvalue weighted by molar-refractivity contribution is 5.70. The molecule has 2 fully saturated rings. The summed E-state index contributed by atoms with van der Waals surface area (Å²) in [6.07, 6.45) is -0.476. The molecule has 5 rings (SSSR count). The molecule has 3 N–H and O–H groups in total. The van der Waals surface area contributed by atoms with Crippen LogP contribution in [0.5, 0.6) is 0 Å². The Morgan fingerprint density at radius 2 is 1.71 bits per heavy atom. The molecule has 0 unspecified atom stereocenters. The van der Waals surface area contributed by atoms with E-state index in [1.54, 1.807) is 12.1 Å². The number of alkyl halides is 3. The van der Waals surface area contributed by atoms with E-state index in [0.29, 0.717) is 23.2 Å². The van der Waals surface area contributed by atoms with Gasteiger partial charge in [-0.05, 0) is 57.0 Å². The minimum Gasteiger partial charge on any atom is -0.323 e. The van der Waals surface area contributed by atoms with Gasteiger partial charge in [-0.3, -0.25) is 10.1 Å². The molecular formula is C22H23F3N6. The number of aromatic amines is 1. The summed E-state index contributed by atoms with van der Waals surface area (Å²) in [5.74, 6) is 1.88. The van der Waals surface area contributed by atoms with Crippen LogP contribution in [0.2, 0.25) is 0 Å². The molecule has 0 amide bonds. The topological polar surface area (TPSA) is 78.5 Å². The first-order valence-electron chi connectivity index (χ1n) is 10.6. The summed E-state index contributed by atoms with van der Waals surface area (Å²) in [6, 6.07) is 9.12. The van der Waals surface area contributed by atoms with Gasteiger partial charge in [-0.15, -0.1) is 5.10 Å². The zero-order valence-corrected chi connectivity index (χ0v) is 16.8. The van der Waals surface area contributed by atoms with E-state index >= 15 is 0 Å². The van der Waals surface area contributed by atoms with E-state index in [1.807, 2.05) is 6.07 Å². The first-order chi connectivity index (χ1) is 15.0. The third-order valence-electron chi connectivity index (χ3n) is 5.83. The van der Waals surface area contributed by atoms with E-state index < -0.39 is 11.7 Å². The minimum absolute atomic E-state index is 0.0718. The van der Waals surface area contributed by atoms with Crippen molar-refractivity contribution in [3.63, 3.8) is 0 Å². The number of hydrogen-bond donors (Lipinski definition) is 3. The Labute approximate surface area is 177 Å². The molecule has 1 aliphatic heterocycles. The van der Waals surface area contributed by atoms with Gasteiger partial charge in [0.1, 0.15) is 5.82 Å². The zero-order chi connectivity index (χ0) is 21.4. The molecule has 2 aliphatic rings. The first-order valence-corrected chi connectivity index (χ1v) is 10.6. The summed E-state index contributed by atoms with van der Waals surface area (Å²) in [5.41, 5.74) is 1.10. The molecule has 1 aromatic carbocycles. The van der Waals surface area contributed by atoms with Crippen LogP contribution in [-0.4, -0.2) is 33.3 Å². The summed E-state index contributed by atoms with van der Waals surface area (Å²) in [5, 5.41) is 13.6. The van der Waals surface area contributed by atoms with Crippen molar-refractivity contribution >= 4 is 11.6 Å². The largest absolute Gasteiger partial charge is 0.417 e. The summed E-state index contributed by atoms with van der Waals surface area (Å²) in [6.45, 7) is 1.73. The van der Waals surface area contributed by atoms with Gasteiger partial charge in [-0.25, -0.2) is 0 Å². The highest BCUT2D eigenvalue weighted by Gasteiger charge is 2.34. The maximum atomic E-state index is 13.6. The zero-order valence-electron chi connectivity index (χ0n) is 16.8. The van der Waals surface area contributed by atoms with Gasteiger partial charge < -0.3 is 10.6 Å². The second kappa shape index (κ2) is 7.96. The van der Waals surface area contributed by atoms with E-state index in [-0.39, 0.29) is 11.5 Å². The van der Waals surface area contributed by atoms with Crippen LogP contribution in [0, 0.1) is 0 Å². The number of benzene rings is 1. The van der Waals surface area contributed by atoms with Crippen molar-refractivity contribution in [1.29, 1.82) is 0 Å². The predicted octanol–water partition coefficient (Wildman–Crippen LogP) is 4.97. The van der Waals surface area contributed by atoms with Gasteiger partial charge in [0.25, 0.3) is 0 Å². The number of rotatable bonds is 5. The number of halogens is 3. The summed E-state index contributed by atoms with van der Waals surface area (Å²) < 4.78 is 40.9. The summed E-state index contributed by atoms with van der Waals surface area (Å²) in [7, 11) is 0. The van der Waals surface area contributed by atoms with Crippen LogP contribution in [0.4, 0.5) is 24.8 Å². The Kier molecular flexibility index (Phi) is 5.13. The van der Waals surface area contributed by atoms with Crippen LogP contribution in [0.3, 0.4) is 0 Å². The van der Waals surface area contributed by atoms with Crippen molar-refractivity contribution in [3.8, 4) is 11.3 Å². The van der Waals surface area contributed by atoms with Crippen molar-refractivity contribution in [3.05, 3.63) is 53.5 Å². The van der Waals surface area contributed by atoms with Crippen molar-refractivity contribution in [2.45, 2.75) is 43.7 Å². The van der Waals surface area contributed by atoms with Crippen molar-refractivity contribution in [2.75, 3.05) is 18.4 Å². The number of nitrogens with one attached hydrogen (secondary N) is 3. The molecule has 2 aromatic heterocycles. The molecule has 0 atom stereocenters. The monoisotopic (exact) mass is 428 g/mol. The SMILES string of the molecule is FC(F)(F)c1ccccc1-c1cc(Nc2n[nH]c(C3CC3)n2)cc(C2CCNCC2)n1. The van der Waals surface area contributed by atoms with E-state index in [9.17, 15) is 13.2 Å². The number of H-pyrrole nitrogens is 1. The number of pyridine rings is 1. The van der Waals surface area contributed by atoms with Gasteiger partial charge in [0.15, 0.2) is 0 Å². The molecule has 1 aliphatic carbocycles. The highest BCUT2D eigenvalue weighted by atomic mass is 19.4. The predicted molar refractivity (Wildman–Crippen MR) is 111 cm³/mol. The van der Waals surface area contributed by atoms with Crippen molar-refractivity contribution in [2.24, 2.45) is 0 Å². The average molecular weight is 428 g/mol. The Morgan fingerprint density at radius 3 is 2.45 bits per heavy atom. The molecular weight excluding hydrogens is 405 g/mol. The first kappa shape index (κ1) is 20.0. The van der Waals surface area contributed by atoms with Crippen LogP contribution in [-0.2, 0) is 6.18 Å².